The molecule has 3 heteroatoms. The Labute approximate surface area is 119 Å². The quantitative estimate of drug-likeness (QED) is 0.788. The van der Waals surface area contributed by atoms with Gasteiger partial charge in [0, 0.05) is 17.6 Å². The molecule has 1 aromatic carbocycles. The minimum atomic E-state index is 0.341. The molecule has 2 nitrogen and oxygen atoms in total. The van der Waals surface area contributed by atoms with Crippen molar-refractivity contribution >= 4 is 15.9 Å². The molecule has 0 radical (unpaired) electrons. The van der Waals surface area contributed by atoms with Crippen LogP contribution in [-0.4, -0.2) is 25.8 Å². The van der Waals surface area contributed by atoms with Crippen LogP contribution in [0.4, 0.5) is 0 Å². The Balaban J connectivity index is 2.51. The van der Waals surface area contributed by atoms with Gasteiger partial charge in [-0.15, -0.1) is 0 Å². The van der Waals surface area contributed by atoms with E-state index < -0.39 is 0 Å². The van der Waals surface area contributed by atoms with Gasteiger partial charge in [0.05, 0.1) is 6.10 Å². The summed E-state index contributed by atoms with van der Waals surface area (Å²) in [4.78, 5) is 0. The van der Waals surface area contributed by atoms with E-state index in [0.717, 1.165) is 30.3 Å². The number of rotatable bonds is 8. The maximum atomic E-state index is 5.31. The van der Waals surface area contributed by atoms with Gasteiger partial charge >= 0.3 is 0 Å². The highest BCUT2D eigenvalue weighted by Gasteiger charge is 2.10. The summed E-state index contributed by atoms with van der Waals surface area (Å²) in [5.41, 5.74) is 1.38. The molecule has 0 saturated carbocycles. The van der Waals surface area contributed by atoms with Crippen molar-refractivity contribution in [3.63, 3.8) is 0 Å². The molecule has 0 aromatic heterocycles. The van der Waals surface area contributed by atoms with E-state index in [1.807, 2.05) is 0 Å². The summed E-state index contributed by atoms with van der Waals surface area (Å²) < 4.78 is 6.47. The van der Waals surface area contributed by atoms with Crippen molar-refractivity contribution in [3.05, 3.63) is 34.3 Å². The fraction of sp³-hybridized carbons (Fsp3) is 0.600. The van der Waals surface area contributed by atoms with Crippen LogP contribution >= 0.6 is 15.9 Å². The van der Waals surface area contributed by atoms with Gasteiger partial charge in [0.1, 0.15) is 0 Å². The molecule has 0 aliphatic heterocycles. The standard InChI is InChI=1S/C15H24BrNO/c1-4-17-15(9-8-12(2)18-3)11-13-6-5-7-14(16)10-13/h5-7,10,12,15,17H,4,8-9,11H2,1-3H3. The van der Waals surface area contributed by atoms with Crippen LogP contribution in [0.5, 0.6) is 0 Å². The van der Waals surface area contributed by atoms with Crippen LogP contribution < -0.4 is 5.32 Å². The van der Waals surface area contributed by atoms with E-state index in [-0.39, 0.29) is 0 Å². The molecule has 0 fully saturated rings. The number of ether oxygens (including phenoxy) is 1. The average molecular weight is 314 g/mol. The van der Waals surface area contributed by atoms with Crippen molar-refractivity contribution < 1.29 is 4.74 Å². The van der Waals surface area contributed by atoms with E-state index >= 15 is 0 Å². The third-order valence-corrected chi connectivity index (χ3v) is 3.68. The van der Waals surface area contributed by atoms with Crippen LogP contribution in [0.15, 0.2) is 28.7 Å². The van der Waals surface area contributed by atoms with Crippen LogP contribution in [0, 0.1) is 0 Å². The van der Waals surface area contributed by atoms with E-state index in [0.29, 0.717) is 12.1 Å². The normalized spacial score (nSPS) is 14.4. The average Bonchev–Trinajstić information content (AvgIpc) is 2.36. The summed E-state index contributed by atoms with van der Waals surface area (Å²) in [6, 6.07) is 9.08. The summed E-state index contributed by atoms with van der Waals surface area (Å²) in [5.74, 6) is 0. The van der Waals surface area contributed by atoms with Crippen molar-refractivity contribution in [3.8, 4) is 0 Å². The number of nitrogens with one attached hydrogen (secondary N) is 1. The molecule has 0 saturated heterocycles. The van der Waals surface area contributed by atoms with Crippen molar-refractivity contribution in [2.75, 3.05) is 13.7 Å². The molecule has 1 rings (SSSR count). The van der Waals surface area contributed by atoms with Crippen LogP contribution in [0.1, 0.15) is 32.3 Å². The molecular weight excluding hydrogens is 290 g/mol. The zero-order valence-electron chi connectivity index (χ0n) is 11.6. The van der Waals surface area contributed by atoms with E-state index in [2.05, 4.69) is 59.4 Å². The third kappa shape index (κ3) is 5.98. The Morgan fingerprint density at radius 1 is 1.33 bits per heavy atom. The molecule has 0 bridgehead atoms. The van der Waals surface area contributed by atoms with Gasteiger partial charge in [-0.05, 0) is 50.4 Å². The lowest BCUT2D eigenvalue weighted by atomic mass is 10.0. The van der Waals surface area contributed by atoms with Crippen molar-refractivity contribution in [2.45, 2.75) is 45.3 Å². The van der Waals surface area contributed by atoms with Crippen LogP contribution in [-0.2, 0) is 11.2 Å². The zero-order valence-corrected chi connectivity index (χ0v) is 13.2. The molecule has 0 spiro atoms. The highest BCUT2D eigenvalue weighted by atomic mass is 79.9. The minimum Gasteiger partial charge on any atom is -0.382 e. The predicted octanol–water partition coefficient (Wildman–Crippen LogP) is 3.78. The molecule has 0 amide bonds. The second-order valence-corrected chi connectivity index (χ2v) is 5.63. The molecule has 1 aromatic rings. The monoisotopic (exact) mass is 313 g/mol. The largest absolute Gasteiger partial charge is 0.382 e. The summed E-state index contributed by atoms with van der Waals surface area (Å²) in [6.45, 7) is 5.30. The van der Waals surface area contributed by atoms with Gasteiger partial charge in [-0.25, -0.2) is 0 Å². The number of hydrogen-bond acceptors (Lipinski definition) is 2. The Hall–Kier alpha value is -0.380. The van der Waals surface area contributed by atoms with Crippen LogP contribution in [0.3, 0.4) is 0 Å². The van der Waals surface area contributed by atoms with Gasteiger partial charge < -0.3 is 10.1 Å². The lowest BCUT2D eigenvalue weighted by molar-refractivity contribution is 0.106. The summed E-state index contributed by atoms with van der Waals surface area (Å²) in [7, 11) is 1.78. The number of halogens is 1. The van der Waals surface area contributed by atoms with Gasteiger partial charge in [-0.1, -0.05) is 35.0 Å². The summed E-state index contributed by atoms with van der Waals surface area (Å²) >= 11 is 3.52. The first kappa shape index (κ1) is 15.7. The lowest BCUT2D eigenvalue weighted by Crippen LogP contribution is -2.31. The summed E-state index contributed by atoms with van der Waals surface area (Å²) in [5, 5.41) is 3.56. The number of likely N-dealkylation sites (N-methyl/N-ethyl adjacent to an activating group) is 1. The highest BCUT2D eigenvalue weighted by Crippen LogP contribution is 2.15. The van der Waals surface area contributed by atoms with E-state index in [1.165, 1.54) is 5.56 Å². The van der Waals surface area contributed by atoms with Gasteiger partial charge in [0.25, 0.3) is 0 Å². The first-order chi connectivity index (χ1) is 8.65. The van der Waals surface area contributed by atoms with Gasteiger partial charge in [0.15, 0.2) is 0 Å². The van der Waals surface area contributed by atoms with Crippen molar-refractivity contribution in [2.24, 2.45) is 0 Å². The van der Waals surface area contributed by atoms with E-state index in [9.17, 15) is 0 Å². The number of benzene rings is 1. The second-order valence-electron chi connectivity index (χ2n) is 4.71. The molecule has 18 heavy (non-hydrogen) atoms. The predicted molar refractivity (Wildman–Crippen MR) is 81.0 cm³/mol. The van der Waals surface area contributed by atoms with Crippen molar-refractivity contribution in [1.29, 1.82) is 0 Å². The molecule has 0 aliphatic carbocycles. The van der Waals surface area contributed by atoms with Crippen molar-refractivity contribution in [1.82, 2.24) is 5.32 Å². The number of methoxy groups -OCH3 is 1. The Morgan fingerprint density at radius 3 is 2.72 bits per heavy atom. The molecule has 102 valence electrons. The fourth-order valence-electron chi connectivity index (χ4n) is 2.07. The highest BCUT2D eigenvalue weighted by molar-refractivity contribution is 9.10. The van der Waals surface area contributed by atoms with Gasteiger partial charge in [0.2, 0.25) is 0 Å². The minimum absolute atomic E-state index is 0.341. The molecule has 2 unspecified atom stereocenters. The fourth-order valence-corrected chi connectivity index (χ4v) is 2.51. The Bertz CT molecular complexity index is 343. The van der Waals surface area contributed by atoms with Gasteiger partial charge in [-0.2, -0.15) is 0 Å². The smallest absolute Gasteiger partial charge is 0.0543 e. The summed E-state index contributed by atoms with van der Waals surface area (Å²) in [6.07, 6.45) is 3.66. The first-order valence-corrected chi connectivity index (χ1v) is 7.45. The zero-order chi connectivity index (χ0) is 13.4. The molecule has 1 N–H and O–H groups in total. The SMILES string of the molecule is CCNC(CCC(C)OC)Cc1cccc(Br)c1. The first-order valence-electron chi connectivity index (χ1n) is 6.66. The maximum Gasteiger partial charge on any atom is 0.0543 e. The Kier molecular flexibility index (Phi) is 7.56. The third-order valence-electron chi connectivity index (χ3n) is 3.19. The van der Waals surface area contributed by atoms with Crippen LogP contribution in [0.25, 0.3) is 0 Å². The van der Waals surface area contributed by atoms with E-state index in [1.54, 1.807) is 7.11 Å². The maximum absolute atomic E-state index is 5.31. The van der Waals surface area contributed by atoms with E-state index in [4.69, 9.17) is 4.74 Å². The lowest BCUT2D eigenvalue weighted by Gasteiger charge is -2.20. The molecule has 0 aliphatic rings. The second kappa shape index (κ2) is 8.68. The topological polar surface area (TPSA) is 21.3 Å². The van der Waals surface area contributed by atoms with Crippen LogP contribution in [0.2, 0.25) is 0 Å². The number of hydrogen-bond donors (Lipinski definition) is 1. The van der Waals surface area contributed by atoms with Gasteiger partial charge in [-0.3, -0.25) is 0 Å². The molecule has 2 atom stereocenters. The molecular formula is C15H24BrNO. The molecule has 0 heterocycles. The Morgan fingerprint density at radius 2 is 2.11 bits per heavy atom.